The Morgan fingerprint density at radius 3 is 2.64 bits per heavy atom. The minimum Gasteiger partial charge on any atom is -0.462 e. The normalized spacial score (nSPS) is 18.6. The Morgan fingerprint density at radius 1 is 1.45 bits per heavy atom. The van der Waals surface area contributed by atoms with Crippen molar-refractivity contribution in [3.05, 3.63) is 0 Å². The number of esters is 1. The molecule has 0 heterocycles. The summed E-state index contributed by atoms with van der Waals surface area (Å²) in [7, 11) is 0. The molecule has 64 valence electrons. The summed E-state index contributed by atoms with van der Waals surface area (Å²) in [5, 5.41) is 0. The molecule has 1 fully saturated rings. The van der Waals surface area contributed by atoms with Gasteiger partial charge in [-0.1, -0.05) is 6.92 Å². The molecule has 0 aliphatic heterocycles. The highest BCUT2D eigenvalue weighted by molar-refractivity contribution is 5.69. The zero-order chi connectivity index (χ0) is 8.10. The fourth-order valence-electron chi connectivity index (χ4n) is 1.46. The van der Waals surface area contributed by atoms with Crippen LogP contribution in [-0.2, 0) is 9.53 Å². The highest BCUT2D eigenvalue weighted by Crippen LogP contribution is 2.21. The van der Waals surface area contributed by atoms with Crippen LogP contribution >= 0.6 is 0 Å². The molecule has 11 heavy (non-hydrogen) atoms. The minimum atomic E-state index is -0.0144. The third kappa shape index (κ3) is 2.91. The predicted octanol–water partition coefficient (Wildman–Crippen LogP) is 2.27. The average Bonchev–Trinajstić information content (AvgIpc) is 2.40. The number of carbonyl (C=O) groups excluding carboxylic acids is 1. The van der Waals surface area contributed by atoms with Gasteiger partial charge < -0.3 is 4.74 Å². The lowest BCUT2D eigenvalue weighted by molar-refractivity contribution is -0.148. The summed E-state index contributed by atoms with van der Waals surface area (Å²) in [6.45, 7) is 2.00. The van der Waals surface area contributed by atoms with Gasteiger partial charge in [-0.15, -0.1) is 0 Å². The summed E-state index contributed by atoms with van der Waals surface area (Å²) in [5.41, 5.74) is 0. The average molecular weight is 156 g/mol. The molecule has 0 radical (unpaired) electrons. The molecule has 0 aromatic carbocycles. The Bertz CT molecular complexity index is 126. The predicted molar refractivity (Wildman–Crippen MR) is 43.3 cm³/mol. The van der Waals surface area contributed by atoms with Crippen LogP contribution in [0.5, 0.6) is 0 Å². The number of hydrogen-bond donors (Lipinski definition) is 0. The van der Waals surface area contributed by atoms with E-state index < -0.39 is 0 Å². The summed E-state index contributed by atoms with van der Waals surface area (Å²) < 4.78 is 5.21. The van der Waals surface area contributed by atoms with Crippen LogP contribution in [0.3, 0.4) is 0 Å². The Labute approximate surface area is 67.9 Å². The minimum absolute atomic E-state index is 0.0144. The first-order valence-corrected chi connectivity index (χ1v) is 4.52. The molecule has 0 N–H and O–H groups in total. The van der Waals surface area contributed by atoms with Crippen LogP contribution in [0, 0.1) is 0 Å². The molecule has 2 nitrogen and oxygen atoms in total. The van der Waals surface area contributed by atoms with Gasteiger partial charge in [-0.05, 0) is 32.1 Å². The largest absolute Gasteiger partial charge is 0.462 e. The highest BCUT2D eigenvalue weighted by atomic mass is 16.5. The first kappa shape index (κ1) is 8.57. The van der Waals surface area contributed by atoms with Crippen molar-refractivity contribution in [1.82, 2.24) is 0 Å². The smallest absolute Gasteiger partial charge is 0.306 e. The van der Waals surface area contributed by atoms with E-state index in [9.17, 15) is 4.79 Å². The Hall–Kier alpha value is -0.530. The van der Waals surface area contributed by atoms with Crippen molar-refractivity contribution < 1.29 is 9.53 Å². The second-order valence-electron chi connectivity index (χ2n) is 3.15. The van der Waals surface area contributed by atoms with Crippen molar-refractivity contribution in [3.63, 3.8) is 0 Å². The van der Waals surface area contributed by atoms with Crippen molar-refractivity contribution >= 4 is 5.97 Å². The number of carbonyl (C=O) groups is 1. The topological polar surface area (TPSA) is 26.3 Å². The molecule has 0 spiro atoms. The maximum atomic E-state index is 11.0. The van der Waals surface area contributed by atoms with Crippen molar-refractivity contribution in [2.45, 2.75) is 51.6 Å². The number of ether oxygens (including phenoxy) is 1. The Morgan fingerprint density at radius 2 is 2.09 bits per heavy atom. The van der Waals surface area contributed by atoms with Gasteiger partial charge >= 0.3 is 5.97 Å². The van der Waals surface area contributed by atoms with E-state index in [-0.39, 0.29) is 12.1 Å². The van der Waals surface area contributed by atoms with Gasteiger partial charge in [0.1, 0.15) is 6.10 Å². The first-order valence-electron chi connectivity index (χ1n) is 4.52. The van der Waals surface area contributed by atoms with Crippen molar-refractivity contribution in [2.24, 2.45) is 0 Å². The lowest BCUT2D eigenvalue weighted by Gasteiger charge is -2.09. The van der Waals surface area contributed by atoms with E-state index in [0.717, 1.165) is 19.3 Å². The summed E-state index contributed by atoms with van der Waals surface area (Å²) >= 11 is 0. The maximum Gasteiger partial charge on any atom is 0.306 e. The van der Waals surface area contributed by atoms with Gasteiger partial charge in [0.2, 0.25) is 0 Å². The van der Waals surface area contributed by atoms with E-state index in [1.807, 2.05) is 6.92 Å². The van der Waals surface area contributed by atoms with Crippen molar-refractivity contribution in [2.75, 3.05) is 0 Å². The van der Waals surface area contributed by atoms with Crippen molar-refractivity contribution in [1.29, 1.82) is 0 Å². The highest BCUT2D eigenvalue weighted by Gasteiger charge is 2.18. The molecule has 1 rings (SSSR count). The third-order valence-electron chi connectivity index (χ3n) is 2.05. The van der Waals surface area contributed by atoms with Gasteiger partial charge in [-0.25, -0.2) is 0 Å². The van der Waals surface area contributed by atoms with Gasteiger partial charge in [-0.3, -0.25) is 4.79 Å². The molecular formula is C9H16O2. The van der Waals surface area contributed by atoms with Crippen LogP contribution < -0.4 is 0 Å². The van der Waals surface area contributed by atoms with Gasteiger partial charge in [-0.2, -0.15) is 0 Å². The van der Waals surface area contributed by atoms with Crippen LogP contribution in [0.1, 0.15) is 45.4 Å². The monoisotopic (exact) mass is 156 g/mol. The second-order valence-corrected chi connectivity index (χ2v) is 3.15. The van der Waals surface area contributed by atoms with E-state index in [4.69, 9.17) is 4.74 Å². The molecule has 0 bridgehead atoms. The van der Waals surface area contributed by atoms with Gasteiger partial charge in [0.25, 0.3) is 0 Å². The second kappa shape index (κ2) is 4.37. The molecule has 1 aliphatic carbocycles. The lowest BCUT2D eigenvalue weighted by Crippen LogP contribution is -2.13. The standard InChI is InChI=1S/C9H16O2/c1-2-5-9(10)11-8-6-3-4-7-8/h8H,2-7H2,1H3. The first-order chi connectivity index (χ1) is 5.33. The molecule has 0 atom stereocenters. The van der Waals surface area contributed by atoms with E-state index >= 15 is 0 Å². The van der Waals surface area contributed by atoms with Crippen molar-refractivity contribution in [3.8, 4) is 0 Å². The quantitative estimate of drug-likeness (QED) is 0.586. The third-order valence-corrected chi connectivity index (χ3v) is 2.05. The lowest BCUT2D eigenvalue weighted by atomic mass is 10.3. The Balaban J connectivity index is 2.13. The van der Waals surface area contributed by atoms with Crippen LogP contribution in [0.15, 0.2) is 0 Å². The molecular weight excluding hydrogens is 140 g/mol. The summed E-state index contributed by atoms with van der Waals surface area (Å²) in [6, 6.07) is 0. The zero-order valence-corrected chi connectivity index (χ0v) is 7.14. The number of rotatable bonds is 3. The summed E-state index contributed by atoms with van der Waals surface area (Å²) in [6.07, 6.45) is 6.33. The molecule has 0 unspecified atom stereocenters. The zero-order valence-electron chi connectivity index (χ0n) is 7.14. The molecule has 0 aromatic rings. The van der Waals surface area contributed by atoms with E-state index in [2.05, 4.69) is 0 Å². The molecule has 1 saturated carbocycles. The molecule has 0 aromatic heterocycles. The van der Waals surface area contributed by atoms with Crippen LogP contribution in [0.4, 0.5) is 0 Å². The Kier molecular flexibility index (Phi) is 3.40. The molecule has 0 amide bonds. The molecule has 0 saturated heterocycles. The fourth-order valence-corrected chi connectivity index (χ4v) is 1.46. The fraction of sp³-hybridized carbons (Fsp3) is 0.889. The summed E-state index contributed by atoms with van der Waals surface area (Å²) in [5.74, 6) is -0.0144. The molecule has 2 heteroatoms. The molecule has 1 aliphatic rings. The van der Waals surface area contributed by atoms with Crippen LogP contribution in [-0.4, -0.2) is 12.1 Å². The SMILES string of the molecule is CCCC(=O)OC1CCCC1. The van der Waals surface area contributed by atoms with E-state index in [1.165, 1.54) is 12.8 Å². The summed E-state index contributed by atoms with van der Waals surface area (Å²) in [4.78, 5) is 11.0. The van der Waals surface area contributed by atoms with E-state index in [0.29, 0.717) is 6.42 Å². The van der Waals surface area contributed by atoms with Gasteiger partial charge in [0.15, 0.2) is 0 Å². The van der Waals surface area contributed by atoms with Crippen LogP contribution in [0.25, 0.3) is 0 Å². The maximum absolute atomic E-state index is 11.0. The van der Waals surface area contributed by atoms with Gasteiger partial charge in [0, 0.05) is 6.42 Å². The van der Waals surface area contributed by atoms with E-state index in [1.54, 1.807) is 0 Å². The van der Waals surface area contributed by atoms with Crippen LogP contribution in [0.2, 0.25) is 0 Å². The number of hydrogen-bond acceptors (Lipinski definition) is 2. The van der Waals surface area contributed by atoms with Gasteiger partial charge in [0.05, 0.1) is 0 Å².